The van der Waals surface area contributed by atoms with Gasteiger partial charge in [0.1, 0.15) is 11.3 Å². The van der Waals surface area contributed by atoms with Gasteiger partial charge in [-0.3, -0.25) is 14.3 Å². The Morgan fingerprint density at radius 3 is 2.44 bits per heavy atom. The van der Waals surface area contributed by atoms with Crippen molar-refractivity contribution in [3.05, 3.63) is 87.8 Å². The Bertz CT molecular complexity index is 1640. The first-order chi connectivity index (χ1) is 19.5. The fourth-order valence-electron chi connectivity index (χ4n) is 4.62. The molecule has 9 nitrogen and oxygen atoms in total. The van der Waals surface area contributed by atoms with Gasteiger partial charge in [0.05, 0.1) is 40.5 Å². The van der Waals surface area contributed by atoms with E-state index in [9.17, 15) is 22.8 Å². The molecule has 4 aromatic rings. The summed E-state index contributed by atoms with van der Waals surface area (Å²) in [6, 6.07) is 14.4. The highest BCUT2D eigenvalue weighted by molar-refractivity contribution is 6.00. The molecule has 1 atom stereocenters. The normalized spacial score (nSPS) is 12.4. The van der Waals surface area contributed by atoms with Gasteiger partial charge in [-0.1, -0.05) is 13.0 Å². The Balaban J connectivity index is 1.91. The Labute approximate surface area is 235 Å². The minimum atomic E-state index is -4.62. The first-order valence-electron chi connectivity index (χ1n) is 13.0. The monoisotopic (exact) mass is 565 g/mol. The maximum atomic E-state index is 13.9. The third-order valence-electron chi connectivity index (χ3n) is 6.79. The number of hydrogen-bond donors (Lipinski definition) is 1. The van der Waals surface area contributed by atoms with Crippen molar-refractivity contribution < 1.29 is 18.0 Å². The molecule has 0 saturated heterocycles. The van der Waals surface area contributed by atoms with Crippen LogP contribution in [0.1, 0.15) is 41.3 Å². The zero-order chi connectivity index (χ0) is 29.9. The van der Waals surface area contributed by atoms with Crippen LogP contribution in [0.3, 0.4) is 0 Å². The fraction of sp³-hybridized carbons (Fsp3) is 0.310. The van der Waals surface area contributed by atoms with E-state index in [0.29, 0.717) is 36.3 Å². The van der Waals surface area contributed by atoms with Crippen LogP contribution in [-0.2, 0) is 13.2 Å². The lowest BCUT2D eigenvalue weighted by Gasteiger charge is -2.19. The van der Waals surface area contributed by atoms with Crippen LogP contribution in [0.5, 0.6) is 0 Å². The largest absolute Gasteiger partial charge is 0.416 e. The fourth-order valence-corrected chi connectivity index (χ4v) is 4.62. The Morgan fingerprint density at radius 2 is 1.83 bits per heavy atom. The van der Waals surface area contributed by atoms with Crippen LogP contribution >= 0.6 is 0 Å². The number of nitriles is 1. The maximum absolute atomic E-state index is 13.9. The summed E-state index contributed by atoms with van der Waals surface area (Å²) >= 11 is 0. The molecule has 2 aromatic heterocycles. The molecule has 0 radical (unpaired) electrons. The highest BCUT2D eigenvalue weighted by Gasteiger charge is 2.32. The third kappa shape index (κ3) is 6.10. The van der Waals surface area contributed by atoms with E-state index >= 15 is 0 Å². The minimum absolute atomic E-state index is 0.0447. The Morgan fingerprint density at radius 1 is 1.12 bits per heavy atom. The smallest absolute Gasteiger partial charge is 0.349 e. The lowest BCUT2D eigenvalue weighted by molar-refractivity contribution is -0.137. The van der Waals surface area contributed by atoms with Crippen LogP contribution in [-0.4, -0.2) is 56.6 Å². The van der Waals surface area contributed by atoms with E-state index in [4.69, 9.17) is 5.26 Å². The lowest BCUT2D eigenvalue weighted by atomic mass is 10.1. The van der Waals surface area contributed by atoms with E-state index in [2.05, 4.69) is 10.4 Å². The number of nitrogens with one attached hydrogen (secondary N) is 1. The molecule has 1 amide bonds. The predicted octanol–water partition coefficient (Wildman–Crippen LogP) is 4.38. The van der Waals surface area contributed by atoms with Crippen LogP contribution in [0, 0.1) is 11.3 Å². The van der Waals surface area contributed by atoms with Gasteiger partial charge in [-0.25, -0.2) is 9.36 Å². The molecule has 0 fully saturated rings. The van der Waals surface area contributed by atoms with Crippen LogP contribution in [0.15, 0.2) is 65.6 Å². The van der Waals surface area contributed by atoms with Crippen molar-refractivity contribution in [1.82, 2.24) is 29.4 Å². The van der Waals surface area contributed by atoms with E-state index in [-0.39, 0.29) is 23.0 Å². The number of rotatable bonds is 9. The SMILES string of the molecule is CCC(CCN(C)C)NC(=O)c1c(-c2ccnn2-c2ccc(C#N)cc2)n(C)n(-c2cccc(C(F)(F)F)c2)c1=O. The molecule has 4 rings (SSSR count). The average Bonchev–Trinajstić information content (AvgIpc) is 3.52. The summed E-state index contributed by atoms with van der Waals surface area (Å²) in [7, 11) is 5.34. The van der Waals surface area contributed by atoms with Crippen molar-refractivity contribution in [1.29, 1.82) is 5.26 Å². The number of benzene rings is 2. The number of amides is 1. The predicted molar refractivity (Wildman–Crippen MR) is 148 cm³/mol. The summed E-state index contributed by atoms with van der Waals surface area (Å²) in [6.45, 7) is 2.63. The maximum Gasteiger partial charge on any atom is 0.416 e. The lowest BCUT2D eigenvalue weighted by Crippen LogP contribution is -2.39. The molecular weight excluding hydrogens is 535 g/mol. The number of carbonyl (C=O) groups excluding carboxylic acids is 1. The number of hydrogen-bond acceptors (Lipinski definition) is 5. The van der Waals surface area contributed by atoms with Crippen LogP contribution in [0.4, 0.5) is 13.2 Å². The Hall–Kier alpha value is -4.63. The van der Waals surface area contributed by atoms with Gasteiger partial charge < -0.3 is 10.2 Å². The van der Waals surface area contributed by atoms with E-state index in [1.54, 1.807) is 30.3 Å². The van der Waals surface area contributed by atoms with Gasteiger partial charge in [0.15, 0.2) is 0 Å². The summed E-state index contributed by atoms with van der Waals surface area (Å²) in [5.74, 6) is -0.635. The summed E-state index contributed by atoms with van der Waals surface area (Å²) in [4.78, 5) is 29.6. The highest BCUT2D eigenvalue weighted by Crippen LogP contribution is 2.31. The first-order valence-corrected chi connectivity index (χ1v) is 13.0. The standard InChI is InChI=1S/C29H30F3N7O2/c1-5-21(14-16-36(2)3)35-27(40)25-26(24-13-15-34-38(24)22-11-9-19(18-33)10-12-22)37(4)39(28(25)41)23-8-6-7-20(17-23)29(30,31)32/h6-13,15,17,21H,5,14,16H2,1-4H3,(H,35,40). The average molecular weight is 566 g/mol. The first kappa shape index (κ1) is 29.4. The van der Waals surface area contributed by atoms with Crippen molar-refractivity contribution in [2.24, 2.45) is 7.05 Å². The van der Waals surface area contributed by atoms with E-state index < -0.39 is 23.2 Å². The molecular formula is C29H30F3N7O2. The van der Waals surface area contributed by atoms with Crippen LogP contribution in [0.25, 0.3) is 22.8 Å². The van der Waals surface area contributed by atoms with Gasteiger partial charge in [0.2, 0.25) is 0 Å². The second kappa shape index (κ2) is 11.9. The third-order valence-corrected chi connectivity index (χ3v) is 6.79. The highest BCUT2D eigenvalue weighted by atomic mass is 19.4. The summed E-state index contributed by atoms with van der Waals surface area (Å²) < 4.78 is 44.5. The van der Waals surface area contributed by atoms with Gasteiger partial charge in [0.25, 0.3) is 11.5 Å². The number of nitrogens with zero attached hydrogens (tertiary/aromatic N) is 6. The number of alkyl halides is 3. The minimum Gasteiger partial charge on any atom is -0.349 e. The van der Waals surface area contributed by atoms with Crippen LogP contribution < -0.4 is 10.9 Å². The molecule has 2 heterocycles. The van der Waals surface area contributed by atoms with Gasteiger partial charge in [-0.15, -0.1) is 0 Å². The summed E-state index contributed by atoms with van der Waals surface area (Å²) in [5.41, 5.74) is -0.413. The van der Waals surface area contributed by atoms with Crippen molar-refractivity contribution in [3.63, 3.8) is 0 Å². The molecule has 0 saturated carbocycles. The van der Waals surface area contributed by atoms with E-state index in [0.717, 1.165) is 16.8 Å². The molecule has 2 aromatic carbocycles. The van der Waals surface area contributed by atoms with Crippen molar-refractivity contribution in [2.75, 3.05) is 20.6 Å². The summed E-state index contributed by atoms with van der Waals surface area (Å²) in [5, 5.41) is 16.5. The topological polar surface area (TPSA) is 101 Å². The van der Waals surface area contributed by atoms with Crippen molar-refractivity contribution >= 4 is 5.91 Å². The second-order valence-electron chi connectivity index (χ2n) is 9.87. The van der Waals surface area contributed by atoms with Crippen molar-refractivity contribution in [3.8, 4) is 28.8 Å². The quantitative estimate of drug-likeness (QED) is 0.325. The number of aromatic nitrogens is 4. The second-order valence-corrected chi connectivity index (χ2v) is 9.87. The van der Waals surface area contributed by atoms with Crippen LogP contribution in [0.2, 0.25) is 0 Å². The molecule has 214 valence electrons. The molecule has 1 unspecified atom stereocenters. The van der Waals surface area contributed by atoms with Gasteiger partial charge in [0, 0.05) is 13.1 Å². The van der Waals surface area contributed by atoms with E-state index in [1.165, 1.54) is 34.7 Å². The van der Waals surface area contributed by atoms with Gasteiger partial charge in [-0.2, -0.15) is 23.5 Å². The molecule has 41 heavy (non-hydrogen) atoms. The van der Waals surface area contributed by atoms with Gasteiger partial charge in [-0.05, 0) is 82.0 Å². The molecule has 0 aliphatic heterocycles. The zero-order valence-corrected chi connectivity index (χ0v) is 23.1. The molecule has 12 heteroatoms. The zero-order valence-electron chi connectivity index (χ0n) is 23.1. The molecule has 0 aliphatic rings. The van der Waals surface area contributed by atoms with Crippen molar-refractivity contribution in [2.45, 2.75) is 32.0 Å². The van der Waals surface area contributed by atoms with Gasteiger partial charge >= 0.3 is 6.18 Å². The molecule has 0 bridgehead atoms. The molecule has 1 N–H and O–H groups in total. The number of carbonyl (C=O) groups is 1. The Kier molecular flexibility index (Phi) is 8.49. The summed E-state index contributed by atoms with van der Waals surface area (Å²) in [6.07, 6.45) is -1.87. The number of halogens is 3. The molecule has 0 spiro atoms. The van der Waals surface area contributed by atoms with E-state index in [1.807, 2.05) is 32.0 Å². The molecule has 0 aliphatic carbocycles.